The van der Waals surface area contributed by atoms with Gasteiger partial charge in [-0.05, 0) is 62.2 Å². The number of hydrogen-bond acceptors (Lipinski definition) is 4. The van der Waals surface area contributed by atoms with E-state index in [1.807, 2.05) is 0 Å². The van der Waals surface area contributed by atoms with Crippen molar-refractivity contribution in [3.05, 3.63) is 11.7 Å². The third-order valence-corrected chi connectivity index (χ3v) is 5.75. The predicted octanol–water partition coefficient (Wildman–Crippen LogP) is 3.33. The Morgan fingerprint density at radius 2 is 1.76 bits per heavy atom. The first-order chi connectivity index (χ1) is 10.1. The average Bonchev–Trinajstić information content (AvgIpc) is 2.82. The maximum atomic E-state index is 5.35. The number of nitrogens with zero attached hydrogens (tertiary/aromatic N) is 2. The fourth-order valence-electron chi connectivity index (χ4n) is 5.39. The largest absolute Gasteiger partial charge is 0.339 e. The van der Waals surface area contributed by atoms with E-state index in [0.717, 1.165) is 42.4 Å². The van der Waals surface area contributed by atoms with Gasteiger partial charge in [-0.2, -0.15) is 4.98 Å². The van der Waals surface area contributed by atoms with Gasteiger partial charge < -0.3 is 9.84 Å². The Kier molecular flexibility index (Phi) is 3.32. The Morgan fingerprint density at radius 3 is 2.33 bits per heavy atom. The lowest BCUT2D eigenvalue weighted by atomic mass is 9.53. The van der Waals surface area contributed by atoms with Gasteiger partial charge in [0.2, 0.25) is 5.89 Å². The van der Waals surface area contributed by atoms with Crippen LogP contribution in [0.15, 0.2) is 4.52 Å². The molecule has 4 heteroatoms. The number of hydrogen-bond donors (Lipinski definition) is 1. The lowest BCUT2D eigenvalue weighted by Gasteiger charge is -2.57. The molecule has 0 aromatic carbocycles. The van der Waals surface area contributed by atoms with Crippen molar-refractivity contribution in [1.29, 1.82) is 0 Å². The number of aromatic nitrogens is 2. The van der Waals surface area contributed by atoms with Gasteiger partial charge in [0.1, 0.15) is 0 Å². The summed E-state index contributed by atoms with van der Waals surface area (Å²) in [5.74, 6) is 5.12. The average molecular weight is 289 g/mol. The van der Waals surface area contributed by atoms with E-state index in [9.17, 15) is 0 Å². The van der Waals surface area contributed by atoms with Gasteiger partial charge in [0.05, 0.1) is 6.54 Å². The molecule has 1 heterocycles. The summed E-state index contributed by atoms with van der Waals surface area (Å²) in [6.07, 6.45) is 9.45. The van der Waals surface area contributed by atoms with Gasteiger partial charge in [-0.25, -0.2) is 0 Å². The zero-order valence-corrected chi connectivity index (χ0v) is 13.3. The Morgan fingerprint density at radius 1 is 1.14 bits per heavy atom. The summed E-state index contributed by atoms with van der Waals surface area (Å²) in [4.78, 5) is 4.53. The fraction of sp³-hybridized carbons (Fsp3) is 0.882. The van der Waals surface area contributed by atoms with E-state index >= 15 is 0 Å². The van der Waals surface area contributed by atoms with Crippen LogP contribution >= 0.6 is 0 Å². The number of nitrogens with one attached hydrogen (secondary N) is 1. The van der Waals surface area contributed by atoms with E-state index in [2.05, 4.69) is 29.3 Å². The van der Waals surface area contributed by atoms with E-state index in [0.29, 0.717) is 11.5 Å². The molecule has 0 aliphatic heterocycles. The zero-order chi connectivity index (χ0) is 14.4. The quantitative estimate of drug-likeness (QED) is 0.903. The summed E-state index contributed by atoms with van der Waals surface area (Å²) < 4.78 is 5.35. The minimum absolute atomic E-state index is 0.383. The number of rotatable bonds is 5. The molecule has 5 rings (SSSR count). The molecule has 0 amide bonds. The Hall–Kier alpha value is -0.900. The molecule has 116 valence electrons. The SMILES string of the molecule is CC(C)Cc1nc(CNC23CC4CC(CC(C4)C2)C3)no1. The molecular formula is C17H27N3O. The summed E-state index contributed by atoms with van der Waals surface area (Å²) in [5.41, 5.74) is 0.383. The molecule has 0 radical (unpaired) electrons. The van der Waals surface area contributed by atoms with Crippen LogP contribution in [-0.2, 0) is 13.0 Å². The lowest BCUT2D eigenvalue weighted by molar-refractivity contribution is -0.0209. The molecule has 4 saturated carbocycles. The molecule has 0 atom stereocenters. The summed E-state index contributed by atoms with van der Waals surface area (Å²) in [5, 5.41) is 7.96. The van der Waals surface area contributed by atoms with E-state index in [1.165, 1.54) is 38.5 Å². The van der Waals surface area contributed by atoms with Gasteiger partial charge in [0.15, 0.2) is 5.82 Å². The van der Waals surface area contributed by atoms with Crippen LogP contribution in [0.5, 0.6) is 0 Å². The van der Waals surface area contributed by atoms with Crippen molar-refractivity contribution in [2.24, 2.45) is 23.7 Å². The second-order valence-electron chi connectivity index (χ2n) is 8.25. The fourth-order valence-corrected chi connectivity index (χ4v) is 5.39. The van der Waals surface area contributed by atoms with Gasteiger partial charge in [0.25, 0.3) is 0 Å². The van der Waals surface area contributed by atoms with Crippen molar-refractivity contribution in [2.45, 2.75) is 70.9 Å². The molecule has 4 aliphatic carbocycles. The molecule has 4 aliphatic rings. The molecule has 0 saturated heterocycles. The van der Waals surface area contributed by atoms with Crippen LogP contribution < -0.4 is 5.32 Å². The van der Waals surface area contributed by atoms with E-state index in [1.54, 1.807) is 0 Å². The van der Waals surface area contributed by atoms with Gasteiger partial charge in [0, 0.05) is 12.0 Å². The minimum atomic E-state index is 0.383. The third-order valence-electron chi connectivity index (χ3n) is 5.75. The van der Waals surface area contributed by atoms with Crippen LogP contribution in [0.4, 0.5) is 0 Å². The standard InChI is InChI=1S/C17H27N3O/c1-11(2)3-16-19-15(20-21-16)10-18-17-7-12-4-13(8-17)6-14(5-12)9-17/h11-14,18H,3-10H2,1-2H3. The summed E-state index contributed by atoms with van der Waals surface area (Å²) in [6.45, 7) is 5.13. The minimum Gasteiger partial charge on any atom is -0.339 e. The molecule has 1 aromatic heterocycles. The summed E-state index contributed by atoms with van der Waals surface area (Å²) in [7, 11) is 0. The van der Waals surface area contributed by atoms with Gasteiger partial charge >= 0.3 is 0 Å². The molecule has 0 unspecified atom stereocenters. The van der Waals surface area contributed by atoms with Crippen molar-refractivity contribution in [3.63, 3.8) is 0 Å². The third kappa shape index (κ3) is 2.75. The highest BCUT2D eigenvalue weighted by molar-refractivity contribution is 5.06. The predicted molar refractivity (Wildman–Crippen MR) is 80.6 cm³/mol. The molecule has 21 heavy (non-hydrogen) atoms. The van der Waals surface area contributed by atoms with Crippen molar-refractivity contribution in [1.82, 2.24) is 15.5 Å². The van der Waals surface area contributed by atoms with Crippen LogP contribution in [0.3, 0.4) is 0 Å². The van der Waals surface area contributed by atoms with E-state index in [-0.39, 0.29) is 0 Å². The topological polar surface area (TPSA) is 51.0 Å². The maximum Gasteiger partial charge on any atom is 0.226 e. The monoisotopic (exact) mass is 289 g/mol. The highest BCUT2D eigenvalue weighted by Gasteiger charge is 2.50. The Bertz CT molecular complexity index is 473. The first-order valence-corrected chi connectivity index (χ1v) is 8.67. The second-order valence-corrected chi connectivity index (χ2v) is 8.25. The molecule has 1 aromatic rings. The highest BCUT2D eigenvalue weighted by Crippen LogP contribution is 2.55. The van der Waals surface area contributed by atoms with Gasteiger partial charge in [-0.15, -0.1) is 0 Å². The highest BCUT2D eigenvalue weighted by atomic mass is 16.5. The van der Waals surface area contributed by atoms with E-state index in [4.69, 9.17) is 4.52 Å². The van der Waals surface area contributed by atoms with Crippen LogP contribution in [0.25, 0.3) is 0 Å². The first-order valence-electron chi connectivity index (χ1n) is 8.67. The molecule has 0 spiro atoms. The normalized spacial score (nSPS) is 37.6. The smallest absolute Gasteiger partial charge is 0.226 e. The van der Waals surface area contributed by atoms with Crippen LogP contribution in [0.1, 0.15) is 64.1 Å². The molecule has 4 nitrogen and oxygen atoms in total. The summed E-state index contributed by atoms with van der Waals surface area (Å²) in [6, 6.07) is 0. The van der Waals surface area contributed by atoms with Crippen molar-refractivity contribution in [3.8, 4) is 0 Å². The maximum absolute atomic E-state index is 5.35. The van der Waals surface area contributed by atoms with Crippen LogP contribution in [0.2, 0.25) is 0 Å². The van der Waals surface area contributed by atoms with Crippen LogP contribution in [-0.4, -0.2) is 15.7 Å². The van der Waals surface area contributed by atoms with Crippen molar-refractivity contribution in [2.75, 3.05) is 0 Å². The Balaban J connectivity index is 1.39. The lowest BCUT2D eigenvalue weighted by Crippen LogP contribution is -2.58. The van der Waals surface area contributed by atoms with Crippen molar-refractivity contribution >= 4 is 0 Å². The zero-order valence-electron chi connectivity index (χ0n) is 13.3. The second kappa shape index (κ2) is 5.08. The van der Waals surface area contributed by atoms with Crippen LogP contribution in [0, 0.1) is 23.7 Å². The van der Waals surface area contributed by atoms with Gasteiger partial charge in [-0.1, -0.05) is 19.0 Å². The molecule has 4 fully saturated rings. The molecular weight excluding hydrogens is 262 g/mol. The van der Waals surface area contributed by atoms with Gasteiger partial charge in [-0.3, -0.25) is 0 Å². The van der Waals surface area contributed by atoms with Crippen molar-refractivity contribution < 1.29 is 4.52 Å². The molecule has 1 N–H and O–H groups in total. The summed E-state index contributed by atoms with van der Waals surface area (Å²) >= 11 is 0. The molecule has 4 bridgehead atoms. The first kappa shape index (κ1) is 13.7. The van der Waals surface area contributed by atoms with E-state index < -0.39 is 0 Å². The Labute approximate surface area is 127 Å².